The van der Waals surface area contributed by atoms with Gasteiger partial charge in [0.2, 0.25) is 0 Å². The summed E-state index contributed by atoms with van der Waals surface area (Å²) < 4.78 is 0. The molecule has 2 rings (SSSR count). The number of H-pyrrole nitrogens is 2. The van der Waals surface area contributed by atoms with Gasteiger partial charge in [0.15, 0.2) is 11.6 Å². The van der Waals surface area contributed by atoms with E-state index in [-0.39, 0.29) is 31.1 Å². The molecule has 0 aliphatic carbocycles. The summed E-state index contributed by atoms with van der Waals surface area (Å²) >= 11 is 0. The Labute approximate surface area is 108 Å². The van der Waals surface area contributed by atoms with Crippen LogP contribution in [0.1, 0.15) is 21.2 Å². The smallest absolute Gasteiger partial charge is 0.542 e. The first-order valence-corrected chi connectivity index (χ1v) is 4.02. The molecule has 0 fully saturated rings. The topological polar surface area (TPSA) is 138 Å². The van der Waals surface area contributed by atoms with E-state index in [9.17, 15) is 19.8 Å². The third-order valence-electron chi connectivity index (χ3n) is 1.38. The van der Waals surface area contributed by atoms with Crippen molar-refractivity contribution in [2.24, 2.45) is 0 Å². The van der Waals surface area contributed by atoms with Gasteiger partial charge in [-0.3, -0.25) is 0 Å². The van der Waals surface area contributed by atoms with Crippen molar-refractivity contribution in [3.63, 3.8) is 0 Å². The van der Waals surface area contributed by atoms with Crippen LogP contribution >= 0.6 is 0 Å². The van der Waals surface area contributed by atoms with E-state index in [1.807, 2.05) is 0 Å². The maximum Gasteiger partial charge on any atom is 2.00 e. The molecule has 84 valence electrons. The van der Waals surface area contributed by atoms with Crippen molar-refractivity contribution in [1.82, 2.24) is 19.9 Å². The van der Waals surface area contributed by atoms with Gasteiger partial charge in [0.25, 0.3) is 0 Å². The van der Waals surface area contributed by atoms with Crippen molar-refractivity contribution < 1.29 is 39.3 Å². The predicted molar refractivity (Wildman–Crippen MR) is 45.8 cm³/mol. The van der Waals surface area contributed by atoms with Crippen LogP contribution in [0.15, 0.2) is 24.8 Å². The number of aromatic carboxylic acids is 2. The Morgan fingerprint density at radius 1 is 0.941 bits per heavy atom. The SMILES string of the molecule is O=C([O-])c1ncc[nH]1.O=C([O-])c1ncc[nH]1.[Zn+2]. The van der Waals surface area contributed by atoms with Crippen LogP contribution in [0.4, 0.5) is 0 Å². The monoisotopic (exact) mass is 286 g/mol. The quantitative estimate of drug-likeness (QED) is 0.588. The van der Waals surface area contributed by atoms with E-state index >= 15 is 0 Å². The van der Waals surface area contributed by atoms with Gasteiger partial charge < -0.3 is 29.8 Å². The average Bonchev–Trinajstić information content (AvgIpc) is 2.93. The minimum atomic E-state index is -1.28. The molecule has 2 N–H and O–H groups in total. The summed E-state index contributed by atoms with van der Waals surface area (Å²) in [7, 11) is 0. The van der Waals surface area contributed by atoms with E-state index in [4.69, 9.17) is 0 Å². The number of nitrogens with zero attached hydrogens (tertiary/aromatic N) is 2. The molecule has 0 radical (unpaired) electrons. The average molecular weight is 288 g/mol. The number of aromatic amines is 2. The summed E-state index contributed by atoms with van der Waals surface area (Å²) in [4.78, 5) is 31.2. The van der Waals surface area contributed by atoms with Gasteiger partial charge in [0, 0.05) is 24.8 Å². The molecule has 0 aromatic carbocycles. The number of hydrogen-bond donors (Lipinski definition) is 2. The molecule has 2 aromatic heterocycles. The minimum Gasteiger partial charge on any atom is -0.542 e. The molecular formula is C8H6N4O4Zn. The van der Waals surface area contributed by atoms with Crippen molar-refractivity contribution >= 4 is 11.9 Å². The molecule has 0 spiro atoms. The Balaban J connectivity index is 0.000000284. The molecule has 0 atom stereocenters. The van der Waals surface area contributed by atoms with Gasteiger partial charge in [-0.2, -0.15) is 0 Å². The summed E-state index contributed by atoms with van der Waals surface area (Å²) in [5, 5.41) is 19.7. The van der Waals surface area contributed by atoms with Crippen LogP contribution in [-0.2, 0) is 19.5 Å². The van der Waals surface area contributed by atoms with Gasteiger partial charge in [-0.1, -0.05) is 0 Å². The molecule has 0 aliphatic rings. The first-order valence-electron chi connectivity index (χ1n) is 4.02. The van der Waals surface area contributed by atoms with Crippen LogP contribution in [0.5, 0.6) is 0 Å². The number of carbonyl (C=O) groups is 2. The van der Waals surface area contributed by atoms with E-state index in [2.05, 4.69) is 19.9 Å². The second-order valence-electron chi connectivity index (χ2n) is 2.45. The van der Waals surface area contributed by atoms with E-state index in [0.29, 0.717) is 0 Å². The number of carboxylic acids is 2. The number of aromatic nitrogens is 4. The van der Waals surface area contributed by atoms with Crippen molar-refractivity contribution in [3.8, 4) is 0 Å². The molecule has 2 aromatic rings. The number of carboxylic acid groups (broad SMARTS) is 2. The van der Waals surface area contributed by atoms with Gasteiger partial charge >= 0.3 is 19.5 Å². The summed E-state index contributed by atoms with van der Waals surface area (Å²) in [5.41, 5.74) is 0. The van der Waals surface area contributed by atoms with E-state index in [1.165, 1.54) is 24.8 Å². The second kappa shape index (κ2) is 7.29. The Morgan fingerprint density at radius 2 is 1.29 bits per heavy atom. The third kappa shape index (κ3) is 5.03. The first kappa shape index (κ1) is 15.0. The van der Waals surface area contributed by atoms with Crippen LogP contribution in [0.2, 0.25) is 0 Å². The van der Waals surface area contributed by atoms with Crippen molar-refractivity contribution in [2.45, 2.75) is 0 Å². The van der Waals surface area contributed by atoms with Gasteiger partial charge in [0.05, 0.1) is 0 Å². The Hall–Kier alpha value is -2.02. The summed E-state index contributed by atoms with van der Waals surface area (Å²) in [6.45, 7) is 0. The molecule has 2 heterocycles. The van der Waals surface area contributed by atoms with Gasteiger partial charge in [-0.25, -0.2) is 9.97 Å². The number of nitrogens with one attached hydrogen (secondary N) is 2. The molecule has 17 heavy (non-hydrogen) atoms. The van der Waals surface area contributed by atoms with E-state index in [0.717, 1.165) is 0 Å². The zero-order valence-corrected chi connectivity index (χ0v) is 11.5. The van der Waals surface area contributed by atoms with Crippen molar-refractivity contribution in [3.05, 3.63) is 36.4 Å². The minimum absolute atomic E-state index is 0. The fourth-order valence-corrected chi connectivity index (χ4v) is 0.754. The normalized spacial score (nSPS) is 8.47. The van der Waals surface area contributed by atoms with Crippen LogP contribution < -0.4 is 10.2 Å². The van der Waals surface area contributed by atoms with Gasteiger partial charge in [0.1, 0.15) is 11.9 Å². The molecule has 0 saturated heterocycles. The summed E-state index contributed by atoms with van der Waals surface area (Å²) in [6, 6.07) is 0. The standard InChI is InChI=1S/2C4H4N2O2.Zn/c2*7-4(8)3-5-1-2-6-3;/h2*1-2H,(H,5,6)(H,7,8);/q;;+2/p-2. The van der Waals surface area contributed by atoms with Gasteiger partial charge in [-0.15, -0.1) is 0 Å². The van der Waals surface area contributed by atoms with Gasteiger partial charge in [-0.05, 0) is 0 Å². The van der Waals surface area contributed by atoms with Crippen LogP contribution in [0.3, 0.4) is 0 Å². The summed E-state index contributed by atoms with van der Waals surface area (Å²) in [6.07, 6.45) is 5.55. The fraction of sp³-hybridized carbons (Fsp3) is 0. The zero-order chi connectivity index (χ0) is 12.0. The van der Waals surface area contributed by atoms with Crippen molar-refractivity contribution in [1.29, 1.82) is 0 Å². The molecular weight excluding hydrogens is 282 g/mol. The number of hydrogen-bond acceptors (Lipinski definition) is 6. The second-order valence-corrected chi connectivity index (χ2v) is 2.45. The molecule has 0 bridgehead atoms. The predicted octanol–water partition coefficient (Wildman–Crippen LogP) is -2.46. The van der Waals surface area contributed by atoms with Crippen molar-refractivity contribution in [2.75, 3.05) is 0 Å². The number of imidazole rings is 2. The molecule has 0 unspecified atom stereocenters. The van der Waals surface area contributed by atoms with Crippen LogP contribution in [0, 0.1) is 0 Å². The number of carbonyl (C=O) groups excluding carboxylic acids is 2. The maximum absolute atomic E-state index is 9.86. The largest absolute Gasteiger partial charge is 2.00 e. The fourth-order valence-electron chi connectivity index (χ4n) is 0.754. The molecule has 0 aliphatic heterocycles. The Morgan fingerprint density at radius 3 is 1.41 bits per heavy atom. The summed E-state index contributed by atoms with van der Waals surface area (Å²) in [5.74, 6) is -2.83. The van der Waals surface area contributed by atoms with E-state index in [1.54, 1.807) is 0 Å². The number of rotatable bonds is 2. The molecule has 8 nitrogen and oxygen atoms in total. The molecule has 9 heteroatoms. The zero-order valence-electron chi connectivity index (χ0n) is 8.54. The van der Waals surface area contributed by atoms with Crippen LogP contribution in [0.25, 0.3) is 0 Å². The molecule has 0 amide bonds. The molecule has 0 saturated carbocycles. The Bertz CT molecular complexity index is 410. The Kier molecular flexibility index (Phi) is 6.42. The van der Waals surface area contributed by atoms with Crippen LogP contribution in [-0.4, -0.2) is 31.9 Å². The maximum atomic E-state index is 9.86. The van der Waals surface area contributed by atoms with E-state index < -0.39 is 11.9 Å². The first-order chi connectivity index (χ1) is 7.61. The third-order valence-corrected chi connectivity index (χ3v) is 1.38.